The fraction of sp³-hybridized carbons (Fsp3) is 0.778. The molecule has 4 unspecified atom stereocenters. The first-order chi connectivity index (χ1) is 17.3. The van der Waals surface area contributed by atoms with Crippen molar-refractivity contribution in [3.05, 3.63) is 0 Å². The summed E-state index contributed by atoms with van der Waals surface area (Å²) in [6.45, 7) is -1.52. The number of nitrogens with zero attached hydrogens (tertiary/aromatic N) is 4. The number of oxime groups is 4. The lowest BCUT2D eigenvalue weighted by molar-refractivity contribution is -0.189. The molecule has 18 heteroatoms. The fourth-order valence-electron chi connectivity index (χ4n) is 2.76. The minimum Gasteiger partial charge on any atom is -0.409 e. The molecule has 0 spiro atoms. The first kappa shape index (κ1) is 32.8. The number of hydrogen-bond donors (Lipinski definition) is 10. The molecule has 0 saturated heterocycles. The number of hydrogen-bond acceptors (Lipinski definition) is 14. The highest BCUT2D eigenvalue weighted by Gasteiger charge is 2.38. The molecule has 36 heavy (non-hydrogen) atoms. The lowest BCUT2D eigenvalue weighted by Crippen LogP contribution is -2.52. The van der Waals surface area contributed by atoms with Crippen LogP contribution in [0, 0.1) is 0 Å². The van der Waals surface area contributed by atoms with E-state index in [1.165, 1.54) is 0 Å². The summed E-state index contributed by atoms with van der Waals surface area (Å²) in [4.78, 5) is 0. The summed E-state index contributed by atoms with van der Waals surface area (Å²) in [5.74, 6) is -0.467. The summed E-state index contributed by atoms with van der Waals surface area (Å²) < 4.78 is 23.0. The Balaban J connectivity index is 5.87. The van der Waals surface area contributed by atoms with E-state index in [-0.39, 0.29) is 75.5 Å². The van der Waals surface area contributed by atoms with Crippen molar-refractivity contribution in [3.8, 4) is 0 Å². The zero-order valence-corrected chi connectivity index (χ0v) is 19.8. The maximum absolute atomic E-state index is 10.0. The van der Waals surface area contributed by atoms with Crippen LogP contribution in [0.3, 0.4) is 0 Å². The number of amidine groups is 4. The summed E-state index contributed by atoms with van der Waals surface area (Å²) in [6.07, 6.45) is -4.31. The Labute approximate surface area is 207 Å². The summed E-state index contributed by atoms with van der Waals surface area (Å²) in [6, 6.07) is 0. The van der Waals surface area contributed by atoms with E-state index >= 15 is 0 Å². The van der Waals surface area contributed by atoms with Crippen LogP contribution in [0.25, 0.3) is 0 Å². The SMILES string of the molecule is NC(CCOC(CO)C(OCCC(N)=NO)C(OCCC(N)=NO)C(CO)OCCC(N)=NO)=NO. The van der Waals surface area contributed by atoms with Gasteiger partial charge in [0.1, 0.15) is 47.8 Å². The molecule has 210 valence electrons. The standard InChI is InChI=1S/C18H38N8O10/c19-13(23-29)1-5-33-11(9-27)17(35-7-3-15(21)25-31)18(36-8-4-16(22)26-32)12(10-28)34-6-2-14(20)24-30/h11-12,17-18,27-32H,1-10H2,(H2,19,23)(H2,20,24)(H2,21,25)(H2,22,26). The Morgan fingerprint density at radius 1 is 0.500 bits per heavy atom. The zero-order valence-electron chi connectivity index (χ0n) is 19.8. The molecule has 0 aliphatic rings. The summed E-state index contributed by atoms with van der Waals surface area (Å²) in [5.41, 5.74) is 21.9. The van der Waals surface area contributed by atoms with Gasteiger partial charge in [-0.2, -0.15) is 0 Å². The highest BCUT2D eigenvalue weighted by Crippen LogP contribution is 2.19. The van der Waals surface area contributed by atoms with Crippen molar-refractivity contribution in [2.24, 2.45) is 43.6 Å². The molecule has 0 fully saturated rings. The molecule has 0 saturated carbocycles. The van der Waals surface area contributed by atoms with Crippen LogP contribution in [0.5, 0.6) is 0 Å². The molecule has 0 radical (unpaired) electrons. The van der Waals surface area contributed by atoms with Gasteiger partial charge in [0, 0.05) is 25.7 Å². The monoisotopic (exact) mass is 526 g/mol. The maximum Gasteiger partial charge on any atom is 0.141 e. The Hall–Kier alpha value is -3.16. The minimum atomic E-state index is -1.11. The van der Waals surface area contributed by atoms with Crippen LogP contribution in [0.15, 0.2) is 20.6 Å². The molecule has 0 aliphatic carbocycles. The second-order valence-electron chi connectivity index (χ2n) is 7.22. The third kappa shape index (κ3) is 13.7. The van der Waals surface area contributed by atoms with Gasteiger partial charge >= 0.3 is 0 Å². The van der Waals surface area contributed by atoms with Gasteiger partial charge in [-0.15, -0.1) is 0 Å². The van der Waals surface area contributed by atoms with Gasteiger partial charge < -0.3 is 72.9 Å². The molecule has 0 aliphatic heterocycles. The van der Waals surface area contributed by atoms with E-state index in [0.29, 0.717) is 0 Å². The molecule has 0 aromatic heterocycles. The molecule has 14 N–H and O–H groups in total. The van der Waals surface area contributed by atoms with Crippen LogP contribution < -0.4 is 22.9 Å². The van der Waals surface area contributed by atoms with Crippen LogP contribution in [0.2, 0.25) is 0 Å². The maximum atomic E-state index is 10.0. The summed E-state index contributed by atoms with van der Waals surface area (Å²) >= 11 is 0. The average Bonchev–Trinajstić information content (AvgIpc) is 2.89. The summed E-state index contributed by atoms with van der Waals surface area (Å²) in [5, 5.41) is 66.4. The van der Waals surface area contributed by atoms with E-state index in [0.717, 1.165) is 0 Å². The Kier molecular flexibility index (Phi) is 18.3. The van der Waals surface area contributed by atoms with Gasteiger partial charge in [0.05, 0.1) is 39.6 Å². The Morgan fingerprint density at radius 2 is 0.750 bits per heavy atom. The molecule has 0 amide bonds. The van der Waals surface area contributed by atoms with Crippen molar-refractivity contribution in [2.45, 2.75) is 50.1 Å². The van der Waals surface area contributed by atoms with E-state index < -0.39 is 37.6 Å². The van der Waals surface area contributed by atoms with Gasteiger partial charge in [0.2, 0.25) is 0 Å². The van der Waals surface area contributed by atoms with Gasteiger partial charge in [-0.3, -0.25) is 0 Å². The Morgan fingerprint density at radius 3 is 0.972 bits per heavy atom. The third-order valence-corrected chi connectivity index (χ3v) is 4.65. The predicted octanol–water partition coefficient (Wildman–Crippen LogP) is -2.94. The topological polar surface area (TPSA) is 312 Å². The van der Waals surface area contributed by atoms with Crippen LogP contribution in [-0.2, 0) is 18.9 Å². The quantitative estimate of drug-likeness (QED) is 0.0309. The first-order valence-corrected chi connectivity index (χ1v) is 10.8. The second kappa shape index (κ2) is 20.1. The lowest BCUT2D eigenvalue weighted by Gasteiger charge is -2.36. The number of aliphatic hydroxyl groups is 2. The van der Waals surface area contributed by atoms with Gasteiger partial charge in [0.25, 0.3) is 0 Å². The van der Waals surface area contributed by atoms with Crippen molar-refractivity contribution in [2.75, 3.05) is 39.6 Å². The van der Waals surface area contributed by atoms with Crippen molar-refractivity contribution in [1.29, 1.82) is 0 Å². The summed E-state index contributed by atoms with van der Waals surface area (Å²) in [7, 11) is 0. The zero-order chi connectivity index (χ0) is 27.3. The van der Waals surface area contributed by atoms with Crippen molar-refractivity contribution >= 4 is 23.3 Å². The van der Waals surface area contributed by atoms with Crippen molar-refractivity contribution in [3.63, 3.8) is 0 Å². The van der Waals surface area contributed by atoms with Gasteiger partial charge in [0.15, 0.2) is 0 Å². The second-order valence-corrected chi connectivity index (χ2v) is 7.22. The van der Waals surface area contributed by atoms with Crippen LogP contribution >= 0.6 is 0 Å². The van der Waals surface area contributed by atoms with Crippen LogP contribution in [0.1, 0.15) is 25.7 Å². The van der Waals surface area contributed by atoms with Crippen molar-refractivity contribution < 1.29 is 50.0 Å². The predicted molar refractivity (Wildman–Crippen MR) is 125 cm³/mol. The fourth-order valence-corrected chi connectivity index (χ4v) is 2.76. The van der Waals surface area contributed by atoms with E-state index in [1.807, 2.05) is 0 Å². The third-order valence-electron chi connectivity index (χ3n) is 4.65. The van der Waals surface area contributed by atoms with E-state index in [2.05, 4.69) is 20.6 Å². The van der Waals surface area contributed by atoms with E-state index in [4.69, 9.17) is 62.7 Å². The highest BCUT2D eigenvalue weighted by atomic mass is 16.6. The molecular formula is C18H38N8O10. The Bertz CT molecular complexity index is 651. The number of ether oxygens (including phenoxy) is 4. The molecule has 0 aromatic rings. The van der Waals surface area contributed by atoms with Gasteiger partial charge in [-0.1, -0.05) is 20.6 Å². The molecule has 4 atom stereocenters. The normalized spacial score (nSPS) is 17.1. The number of nitrogens with two attached hydrogens (primary N) is 4. The molecular weight excluding hydrogens is 488 g/mol. The molecule has 0 rings (SSSR count). The van der Waals surface area contributed by atoms with E-state index in [1.54, 1.807) is 0 Å². The largest absolute Gasteiger partial charge is 0.409 e. The van der Waals surface area contributed by atoms with Gasteiger partial charge in [-0.05, 0) is 0 Å². The average molecular weight is 527 g/mol. The lowest BCUT2D eigenvalue weighted by atomic mass is 10.0. The molecule has 0 heterocycles. The van der Waals surface area contributed by atoms with Crippen LogP contribution in [0.4, 0.5) is 0 Å². The van der Waals surface area contributed by atoms with Crippen LogP contribution in [-0.4, -0.2) is 118 Å². The van der Waals surface area contributed by atoms with Crippen molar-refractivity contribution in [1.82, 2.24) is 0 Å². The van der Waals surface area contributed by atoms with Gasteiger partial charge in [-0.25, -0.2) is 0 Å². The smallest absolute Gasteiger partial charge is 0.141 e. The number of aliphatic hydroxyl groups excluding tert-OH is 2. The van der Waals surface area contributed by atoms with E-state index in [9.17, 15) is 10.2 Å². The number of rotatable bonds is 21. The molecule has 18 nitrogen and oxygen atoms in total. The molecule has 0 aromatic carbocycles. The first-order valence-electron chi connectivity index (χ1n) is 10.8. The highest BCUT2D eigenvalue weighted by molar-refractivity contribution is 5.80. The minimum absolute atomic E-state index is 0.000250. The molecule has 0 bridgehead atoms.